The molecule has 2 heterocycles. The average Bonchev–Trinajstić information content (AvgIpc) is 2.86. The Morgan fingerprint density at radius 3 is 3.07 bits per heavy atom. The molecule has 0 amide bonds. The predicted molar refractivity (Wildman–Crippen MR) is 52.4 cm³/mol. The highest BCUT2D eigenvalue weighted by molar-refractivity contribution is 5.57. The fraction of sp³-hybridized carbons (Fsp3) is 0.222. The van der Waals surface area contributed by atoms with Gasteiger partial charge in [0.1, 0.15) is 11.9 Å². The van der Waals surface area contributed by atoms with Crippen molar-refractivity contribution in [3.8, 4) is 11.3 Å². The van der Waals surface area contributed by atoms with Gasteiger partial charge in [-0.25, -0.2) is 4.98 Å². The fourth-order valence-electron chi connectivity index (χ4n) is 1.26. The number of aliphatic hydroxyl groups is 1. The van der Waals surface area contributed by atoms with Crippen molar-refractivity contribution in [3.63, 3.8) is 0 Å². The number of aromatic nitrogens is 3. The third-order valence-electron chi connectivity index (χ3n) is 2.04. The summed E-state index contributed by atoms with van der Waals surface area (Å²) in [6.45, 7) is 0.167. The number of H-pyrrole nitrogens is 2. The molecule has 2 aromatic rings. The minimum absolute atomic E-state index is 0.167. The quantitative estimate of drug-likeness (QED) is 0.567. The van der Waals surface area contributed by atoms with Gasteiger partial charge >= 0.3 is 0 Å². The van der Waals surface area contributed by atoms with Crippen LogP contribution in [0.5, 0.6) is 0 Å². The summed E-state index contributed by atoms with van der Waals surface area (Å²) in [5.41, 5.74) is 7.19. The Labute approximate surface area is 81.0 Å². The summed E-state index contributed by atoms with van der Waals surface area (Å²) in [6, 6.07) is 1.92. The van der Waals surface area contributed by atoms with E-state index in [0.29, 0.717) is 5.82 Å². The molecule has 0 saturated heterocycles. The maximum atomic E-state index is 9.41. The molecule has 1 unspecified atom stereocenters. The van der Waals surface area contributed by atoms with Gasteiger partial charge in [0, 0.05) is 24.5 Å². The lowest BCUT2D eigenvalue weighted by Gasteiger charge is -2.01. The van der Waals surface area contributed by atoms with Crippen LogP contribution < -0.4 is 5.73 Å². The third kappa shape index (κ3) is 1.55. The number of aromatic amines is 2. The molecule has 0 bridgehead atoms. The lowest BCUT2D eigenvalue weighted by molar-refractivity contribution is 0.177. The Balaban J connectivity index is 2.26. The zero-order valence-electron chi connectivity index (χ0n) is 7.57. The maximum absolute atomic E-state index is 9.41. The number of nitrogens with two attached hydrogens (primary N) is 1. The average molecular weight is 192 g/mol. The van der Waals surface area contributed by atoms with Gasteiger partial charge in [-0.15, -0.1) is 0 Å². The van der Waals surface area contributed by atoms with Crippen LogP contribution in [0.3, 0.4) is 0 Å². The van der Waals surface area contributed by atoms with Crippen molar-refractivity contribution in [1.82, 2.24) is 15.0 Å². The molecule has 0 spiro atoms. The molecule has 1 atom stereocenters. The van der Waals surface area contributed by atoms with Gasteiger partial charge in [-0.2, -0.15) is 0 Å². The van der Waals surface area contributed by atoms with E-state index in [1.165, 1.54) is 0 Å². The van der Waals surface area contributed by atoms with Crippen LogP contribution in [0.25, 0.3) is 11.3 Å². The van der Waals surface area contributed by atoms with E-state index >= 15 is 0 Å². The van der Waals surface area contributed by atoms with Gasteiger partial charge < -0.3 is 20.8 Å². The van der Waals surface area contributed by atoms with E-state index in [0.717, 1.165) is 11.3 Å². The highest BCUT2D eigenvalue weighted by Crippen LogP contribution is 2.17. The summed E-state index contributed by atoms with van der Waals surface area (Å²) in [5.74, 6) is 0.503. The van der Waals surface area contributed by atoms with Gasteiger partial charge in [0.15, 0.2) is 0 Å². The number of rotatable bonds is 3. The van der Waals surface area contributed by atoms with Crippen LogP contribution in [-0.4, -0.2) is 26.6 Å². The van der Waals surface area contributed by atoms with Crippen molar-refractivity contribution in [2.75, 3.05) is 6.54 Å². The van der Waals surface area contributed by atoms with Gasteiger partial charge in [0.2, 0.25) is 0 Å². The highest BCUT2D eigenvalue weighted by Gasteiger charge is 2.10. The Kier molecular flexibility index (Phi) is 2.34. The first-order valence-electron chi connectivity index (χ1n) is 4.37. The Hall–Kier alpha value is -1.59. The molecule has 5 nitrogen and oxygen atoms in total. The van der Waals surface area contributed by atoms with Crippen molar-refractivity contribution in [2.45, 2.75) is 6.10 Å². The highest BCUT2D eigenvalue weighted by atomic mass is 16.3. The molecular weight excluding hydrogens is 180 g/mol. The fourth-order valence-corrected chi connectivity index (χ4v) is 1.26. The van der Waals surface area contributed by atoms with Gasteiger partial charge in [0.05, 0.1) is 11.9 Å². The number of nitrogens with zero attached hydrogens (tertiary/aromatic N) is 1. The van der Waals surface area contributed by atoms with Crippen LogP contribution in [0, 0.1) is 0 Å². The minimum Gasteiger partial charge on any atom is -0.384 e. The summed E-state index contributed by atoms with van der Waals surface area (Å²) >= 11 is 0. The summed E-state index contributed by atoms with van der Waals surface area (Å²) in [7, 11) is 0. The molecule has 2 rings (SSSR count). The second kappa shape index (κ2) is 3.65. The summed E-state index contributed by atoms with van der Waals surface area (Å²) < 4.78 is 0. The summed E-state index contributed by atoms with van der Waals surface area (Å²) in [4.78, 5) is 9.99. The minimum atomic E-state index is -0.720. The lowest BCUT2D eigenvalue weighted by Crippen LogP contribution is -2.12. The van der Waals surface area contributed by atoms with Gasteiger partial charge in [-0.05, 0) is 6.07 Å². The second-order valence-corrected chi connectivity index (χ2v) is 3.03. The van der Waals surface area contributed by atoms with Crippen molar-refractivity contribution in [3.05, 3.63) is 30.5 Å². The molecular formula is C9H12N4O. The SMILES string of the molecule is NCC(O)c1ncc(-c2cc[nH]c2)[nH]1. The lowest BCUT2D eigenvalue weighted by atomic mass is 10.3. The van der Waals surface area contributed by atoms with E-state index in [9.17, 15) is 5.11 Å². The van der Waals surface area contributed by atoms with E-state index in [4.69, 9.17) is 5.73 Å². The molecule has 14 heavy (non-hydrogen) atoms. The zero-order valence-corrected chi connectivity index (χ0v) is 7.57. The topological polar surface area (TPSA) is 90.7 Å². The van der Waals surface area contributed by atoms with Gasteiger partial charge in [-0.1, -0.05) is 0 Å². The predicted octanol–water partition coefficient (Wildman–Crippen LogP) is 0.397. The molecule has 0 aliphatic heterocycles. The Morgan fingerprint density at radius 2 is 2.43 bits per heavy atom. The van der Waals surface area contributed by atoms with E-state index < -0.39 is 6.10 Å². The normalized spacial score (nSPS) is 13.0. The monoisotopic (exact) mass is 192 g/mol. The van der Waals surface area contributed by atoms with Crippen LogP contribution >= 0.6 is 0 Å². The molecule has 0 aromatic carbocycles. The van der Waals surface area contributed by atoms with E-state index in [1.807, 2.05) is 18.5 Å². The first-order chi connectivity index (χ1) is 6.81. The van der Waals surface area contributed by atoms with Crippen LogP contribution in [-0.2, 0) is 0 Å². The molecule has 5 N–H and O–H groups in total. The molecule has 0 aliphatic carbocycles. The number of hydrogen-bond acceptors (Lipinski definition) is 3. The second-order valence-electron chi connectivity index (χ2n) is 3.03. The van der Waals surface area contributed by atoms with E-state index in [1.54, 1.807) is 6.20 Å². The first kappa shape index (κ1) is 8.98. The van der Waals surface area contributed by atoms with Crippen LogP contribution in [0.4, 0.5) is 0 Å². The Bertz CT molecular complexity index is 393. The molecule has 0 fully saturated rings. The number of aliphatic hydroxyl groups excluding tert-OH is 1. The van der Waals surface area contributed by atoms with Crippen LogP contribution in [0.1, 0.15) is 11.9 Å². The number of hydrogen-bond donors (Lipinski definition) is 4. The molecule has 2 aromatic heterocycles. The van der Waals surface area contributed by atoms with Crippen molar-refractivity contribution >= 4 is 0 Å². The van der Waals surface area contributed by atoms with Gasteiger partial charge in [-0.3, -0.25) is 0 Å². The van der Waals surface area contributed by atoms with E-state index in [2.05, 4.69) is 15.0 Å². The number of imidazole rings is 1. The zero-order chi connectivity index (χ0) is 9.97. The third-order valence-corrected chi connectivity index (χ3v) is 2.04. The van der Waals surface area contributed by atoms with Crippen molar-refractivity contribution < 1.29 is 5.11 Å². The van der Waals surface area contributed by atoms with Crippen molar-refractivity contribution in [2.24, 2.45) is 5.73 Å². The maximum Gasteiger partial charge on any atom is 0.136 e. The first-order valence-corrected chi connectivity index (χ1v) is 4.37. The van der Waals surface area contributed by atoms with Crippen LogP contribution in [0.2, 0.25) is 0 Å². The summed E-state index contributed by atoms with van der Waals surface area (Å²) in [5, 5.41) is 9.41. The Morgan fingerprint density at radius 1 is 1.57 bits per heavy atom. The standard InChI is InChI=1S/C9H12N4O/c10-3-8(14)9-12-5-7(13-9)6-1-2-11-4-6/h1-2,4-5,8,11,14H,3,10H2,(H,12,13). The number of nitrogens with one attached hydrogen (secondary N) is 2. The molecule has 74 valence electrons. The summed E-state index contributed by atoms with van der Waals surface area (Å²) in [6.07, 6.45) is 4.64. The van der Waals surface area contributed by atoms with E-state index in [-0.39, 0.29) is 6.54 Å². The molecule has 0 aliphatic rings. The van der Waals surface area contributed by atoms with Crippen LogP contribution in [0.15, 0.2) is 24.7 Å². The van der Waals surface area contributed by atoms with Gasteiger partial charge in [0.25, 0.3) is 0 Å². The smallest absolute Gasteiger partial charge is 0.136 e. The molecule has 0 saturated carbocycles. The molecule has 5 heteroatoms. The van der Waals surface area contributed by atoms with Crippen molar-refractivity contribution in [1.29, 1.82) is 0 Å². The molecule has 0 radical (unpaired) electrons. The largest absolute Gasteiger partial charge is 0.384 e.